The average molecular weight is 300 g/mol. The van der Waals surface area contributed by atoms with E-state index in [1.807, 2.05) is 12.1 Å². The van der Waals surface area contributed by atoms with Gasteiger partial charge >= 0.3 is 0 Å². The zero-order valence-electron chi connectivity index (χ0n) is 10.2. The first-order chi connectivity index (χ1) is 8.20. The van der Waals surface area contributed by atoms with Crippen LogP contribution >= 0.6 is 15.9 Å². The van der Waals surface area contributed by atoms with E-state index in [4.69, 9.17) is 0 Å². The fourth-order valence-electron chi connectivity index (χ4n) is 2.47. The van der Waals surface area contributed by atoms with Gasteiger partial charge in [-0.1, -0.05) is 28.9 Å². The minimum Gasteiger partial charge on any atom is -0.317 e. The van der Waals surface area contributed by atoms with Crippen LogP contribution in [0.5, 0.6) is 0 Å². The van der Waals surface area contributed by atoms with Gasteiger partial charge in [-0.15, -0.1) is 0 Å². The van der Waals surface area contributed by atoms with Crippen LogP contribution in [0.25, 0.3) is 0 Å². The SMILES string of the molecule is CCNCC1CCC1Cc1ccc(Br)cc1F. The van der Waals surface area contributed by atoms with Gasteiger partial charge in [0.25, 0.3) is 0 Å². The van der Waals surface area contributed by atoms with Gasteiger partial charge in [-0.05, 0) is 61.9 Å². The molecule has 1 nitrogen and oxygen atoms in total. The molecule has 0 radical (unpaired) electrons. The summed E-state index contributed by atoms with van der Waals surface area (Å²) < 4.78 is 14.5. The van der Waals surface area contributed by atoms with Crippen molar-refractivity contribution in [1.82, 2.24) is 5.32 Å². The first-order valence-electron chi connectivity index (χ1n) is 6.35. The summed E-state index contributed by atoms with van der Waals surface area (Å²) in [5.41, 5.74) is 0.861. The van der Waals surface area contributed by atoms with Gasteiger partial charge in [0.05, 0.1) is 0 Å². The molecule has 2 rings (SSSR count). The summed E-state index contributed by atoms with van der Waals surface area (Å²) in [4.78, 5) is 0. The van der Waals surface area contributed by atoms with E-state index >= 15 is 0 Å². The second-order valence-corrected chi connectivity index (χ2v) is 5.76. The Morgan fingerprint density at radius 1 is 1.35 bits per heavy atom. The summed E-state index contributed by atoms with van der Waals surface area (Å²) in [6, 6.07) is 5.39. The average Bonchev–Trinajstić information content (AvgIpc) is 2.27. The number of rotatable bonds is 5. The lowest BCUT2D eigenvalue weighted by Crippen LogP contribution is -2.36. The minimum atomic E-state index is -0.0755. The van der Waals surface area contributed by atoms with Crippen LogP contribution in [0, 0.1) is 17.7 Å². The maximum absolute atomic E-state index is 13.7. The molecular weight excluding hydrogens is 281 g/mol. The standard InChI is InChI=1S/C14H19BrFN/c1-2-17-9-12-4-3-10(12)7-11-5-6-13(15)8-14(11)16/h5-6,8,10,12,17H,2-4,7,9H2,1H3. The Balaban J connectivity index is 1.92. The Labute approximate surface area is 111 Å². The van der Waals surface area contributed by atoms with E-state index in [1.165, 1.54) is 12.8 Å². The molecule has 0 saturated heterocycles. The van der Waals surface area contributed by atoms with Crippen LogP contribution in [-0.2, 0) is 6.42 Å². The number of hydrogen-bond acceptors (Lipinski definition) is 1. The van der Waals surface area contributed by atoms with Crippen LogP contribution in [-0.4, -0.2) is 13.1 Å². The highest BCUT2D eigenvalue weighted by Gasteiger charge is 2.30. The second kappa shape index (κ2) is 5.96. The molecule has 1 aromatic rings. The second-order valence-electron chi connectivity index (χ2n) is 4.85. The van der Waals surface area contributed by atoms with Crippen LogP contribution < -0.4 is 5.32 Å². The lowest BCUT2D eigenvalue weighted by Gasteiger charge is -2.37. The van der Waals surface area contributed by atoms with E-state index < -0.39 is 0 Å². The highest BCUT2D eigenvalue weighted by atomic mass is 79.9. The lowest BCUT2D eigenvalue weighted by molar-refractivity contribution is 0.170. The molecule has 1 aromatic carbocycles. The normalized spacial score (nSPS) is 23.5. The number of halogens is 2. The molecule has 1 N–H and O–H groups in total. The predicted molar refractivity (Wildman–Crippen MR) is 72.6 cm³/mol. The van der Waals surface area contributed by atoms with Crippen LogP contribution in [0.1, 0.15) is 25.3 Å². The van der Waals surface area contributed by atoms with Crippen molar-refractivity contribution in [2.45, 2.75) is 26.2 Å². The van der Waals surface area contributed by atoms with Crippen LogP contribution in [0.3, 0.4) is 0 Å². The molecule has 2 unspecified atom stereocenters. The molecule has 1 aliphatic rings. The van der Waals surface area contributed by atoms with Crippen molar-refractivity contribution in [2.75, 3.05) is 13.1 Å². The first-order valence-corrected chi connectivity index (χ1v) is 7.14. The van der Waals surface area contributed by atoms with Gasteiger partial charge in [-0.25, -0.2) is 4.39 Å². The van der Waals surface area contributed by atoms with E-state index in [0.29, 0.717) is 5.92 Å². The molecule has 17 heavy (non-hydrogen) atoms. The minimum absolute atomic E-state index is 0.0755. The summed E-state index contributed by atoms with van der Waals surface area (Å²) in [7, 11) is 0. The quantitative estimate of drug-likeness (QED) is 0.873. The fraction of sp³-hybridized carbons (Fsp3) is 0.571. The zero-order chi connectivity index (χ0) is 12.3. The highest BCUT2D eigenvalue weighted by Crippen LogP contribution is 2.36. The molecule has 0 heterocycles. The Hall–Kier alpha value is -0.410. The van der Waals surface area contributed by atoms with Crippen molar-refractivity contribution < 1.29 is 4.39 Å². The van der Waals surface area contributed by atoms with Gasteiger partial charge in [0.15, 0.2) is 0 Å². The van der Waals surface area contributed by atoms with E-state index in [-0.39, 0.29) is 5.82 Å². The van der Waals surface area contributed by atoms with Gasteiger partial charge in [-0.3, -0.25) is 0 Å². The largest absolute Gasteiger partial charge is 0.317 e. The molecule has 94 valence electrons. The highest BCUT2D eigenvalue weighted by molar-refractivity contribution is 9.10. The Morgan fingerprint density at radius 3 is 2.71 bits per heavy atom. The van der Waals surface area contributed by atoms with Crippen molar-refractivity contribution in [3.05, 3.63) is 34.1 Å². The molecule has 1 aliphatic carbocycles. The van der Waals surface area contributed by atoms with Crippen molar-refractivity contribution in [2.24, 2.45) is 11.8 Å². The molecule has 1 saturated carbocycles. The van der Waals surface area contributed by atoms with Crippen molar-refractivity contribution in [3.63, 3.8) is 0 Å². The van der Waals surface area contributed by atoms with Gasteiger partial charge < -0.3 is 5.32 Å². The smallest absolute Gasteiger partial charge is 0.127 e. The van der Waals surface area contributed by atoms with Crippen molar-refractivity contribution in [1.29, 1.82) is 0 Å². The van der Waals surface area contributed by atoms with Crippen LogP contribution in [0.2, 0.25) is 0 Å². The summed E-state index contributed by atoms with van der Waals surface area (Å²) in [5.74, 6) is 1.32. The van der Waals surface area contributed by atoms with Crippen molar-refractivity contribution >= 4 is 15.9 Å². The Kier molecular flexibility index (Phi) is 4.57. The van der Waals surface area contributed by atoms with Gasteiger partial charge in [0, 0.05) is 4.47 Å². The Bertz CT molecular complexity index is 380. The maximum atomic E-state index is 13.7. The van der Waals surface area contributed by atoms with Gasteiger partial charge in [-0.2, -0.15) is 0 Å². The molecule has 3 heteroatoms. The molecule has 0 bridgehead atoms. The monoisotopic (exact) mass is 299 g/mol. The van der Waals surface area contributed by atoms with E-state index in [1.54, 1.807) is 6.07 Å². The van der Waals surface area contributed by atoms with E-state index in [0.717, 1.165) is 35.5 Å². The molecule has 1 fully saturated rings. The van der Waals surface area contributed by atoms with Crippen LogP contribution in [0.4, 0.5) is 4.39 Å². The van der Waals surface area contributed by atoms with Crippen LogP contribution in [0.15, 0.2) is 22.7 Å². The molecule has 0 spiro atoms. The molecule has 2 atom stereocenters. The van der Waals surface area contributed by atoms with E-state index in [9.17, 15) is 4.39 Å². The first kappa shape index (κ1) is 13.0. The van der Waals surface area contributed by atoms with E-state index in [2.05, 4.69) is 28.2 Å². The third kappa shape index (κ3) is 3.29. The third-order valence-electron chi connectivity index (χ3n) is 3.73. The summed E-state index contributed by atoms with van der Waals surface area (Å²) in [6.45, 7) is 4.23. The fourth-order valence-corrected chi connectivity index (χ4v) is 2.81. The number of nitrogens with one attached hydrogen (secondary N) is 1. The van der Waals surface area contributed by atoms with Gasteiger partial charge in [0.2, 0.25) is 0 Å². The zero-order valence-corrected chi connectivity index (χ0v) is 11.8. The topological polar surface area (TPSA) is 12.0 Å². The lowest BCUT2D eigenvalue weighted by atomic mass is 9.70. The summed E-state index contributed by atoms with van der Waals surface area (Å²) in [5, 5.41) is 3.39. The molecule has 0 aliphatic heterocycles. The number of hydrogen-bond donors (Lipinski definition) is 1. The Morgan fingerprint density at radius 2 is 2.12 bits per heavy atom. The third-order valence-corrected chi connectivity index (χ3v) is 4.22. The maximum Gasteiger partial charge on any atom is 0.127 e. The summed E-state index contributed by atoms with van der Waals surface area (Å²) >= 11 is 3.29. The van der Waals surface area contributed by atoms with Crippen molar-refractivity contribution in [3.8, 4) is 0 Å². The molecule has 0 aromatic heterocycles. The summed E-state index contributed by atoms with van der Waals surface area (Å²) in [6.07, 6.45) is 3.41. The molecular formula is C14H19BrFN. The number of benzene rings is 1. The predicted octanol–water partition coefficient (Wildman–Crippen LogP) is 3.77. The van der Waals surface area contributed by atoms with Gasteiger partial charge in [0.1, 0.15) is 5.82 Å². The molecule has 0 amide bonds.